The van der Waals surface area contributed by atoms with Gasteiger partial charge in [0.25, 0.3) is 0 Å². The highest BCUT2D eigenvalue weighted by molar-refractivity contribution is 5.80. The Balaban J connectivity index is 1.36. The van der Waals surface area contributed by atoms with Gasteiger partial charge in [-0.1, -0.05) is 91.0 Å². The Hall–Kier alpha value is -2.79. The van der Waals surface area contributed by atoms with E-state index in [0.29, 0.717) is 25.2 Å². The maximum Gasteiger partial charge on any atom is 0.222 e. The van der Waals surface area contributed by atoms with Crippen molar-refractivity contribution in [1.82, 2.24) is 4.90 Å². The number of carbonyl (C=O) groups is 1. The lowest BCUT2D eigenvalue weighted by atomic mass is 9.95. The summed E-state index contributed by atoms with van der Waals surface area (Å²) in [4.78, 5) is 14.8. The predicted molar refractivity (Wildman–Crippen MR) is 124 cm³/mol. The van der Waals surface area contributed by atoms with Crippen LogP contribution in [0.25, 0.3) is 0 Å². The number of hydrogen-bond donors (Lipinski definition) is 0. The minimum absolute atomic E-state index is 0.0791. The van der Waals surface area contributed by atoms with E-state index in [1.165, 1.54) is 5.56 Å². The highest BCUT2D eigenvalue weighted by Gasteiger charge is 2.46. The van der Waals surface area contributed by atoms with Crippen LogP contribution in [0, 0.1) is 0 Å². The van der Waals surface area contributed by atoms with Crippen molar-refractivity contribution >= 4 is 5.78 Å². The van der Waals surface area contributed by atoms with Gasteiger partial charge in [-0.3, -0.25) is 9.69 Å². The number of benzene rings is 3. The van der Waals surface area contributed by atoms with Crippen LogP contribution in [0.15, 0.2) is 91.0 Å². The minimum atomic E-state index is -0.907. The van der Waals surface area contributed by atoms with Gasteiger partial charge in [-0.2, -0.15) is 0 Å². The molecule has 0 saturated carbocycles. The molecule has 2 aliphatic rings. The SMILES string of the molecule is O=C1CCN(Cc2ccccc2)[C@H](C[C@H]2COC(c3ccccc3)(c3ccccc3)O2)C1. The lowest BCUT2D eigenvalue weighted by Gasteiger charge is -2.36. The van der Waals surface area contributed by atoms with E-state index in [-0.39, 0.29) is 12.1 Å². The highest BCUT2D eigenvalue weighted by Crippen LogP contribution is 2.42. The molecule has 0 spiro atoms. The molecule has 0 N–H and O–H groups in total. The second-order valence-electron chi connectivity index (χ2n) is 8.74. The van der Waals surface area contributed by atoms with E-state index >= 15 is 0 Å². The lowest BCUT2D eigenvalue weighted by Crippen LogP contribution is -2.44. The number of rotatable bonds is 6. The molecule has 0 bridgehead atoms. The van der Waals surface area contributed by atoms with Gasteiger partial charge < -0.3 is 9.47 Å². The van der Waals surface area contributed by atoms with Gasteiger partial charge in [0.15, 0.2) is 0 Å². The van der Waals surface area contributed by atoms with Crippen molar-refractivity contribution in [1.29, 1.82) is 0 Å². The zero-order valence-corrected chi connectivity index (χ0v) is 18.2. The Labute approximate surface area is 189 Å². The van der Waals surface area contributed by atoms with Gasteiger partial charge in [0, 0.05) is 43.1 Å². The summed E-state index contributed by atoms with van der Waals surface area (Å²) in [5.41, 5.74) is 3.27. The van der Waals surface area contributed by atoms with E-state index in [1.54, 1.807) is 0 Å². The summed E-state index contributed by atoms with van der Waals surface area (Å²) in [6, 6.07) is 30.9. The van der Waals surface area contributed by atoms with Gasteiger partial charge >= 0.3 is 0 Å². The normalized spacial score (nSPS) is 23.3. The first-order chi connectivity index (χ1) is 15.7. The Kier molecular flexibility index (Phi) is 6.17. The molecule has 4 nitrogen and oxygen atoms in total. The van der Waals surface area contributed by atoms with Gasteiger partial charge in [0.1, 0.15) is 5.78 Å². The fraction of sp³-hybridized carbons (Fsp3) is 0.321. The second kappa shape index (κ2) is 9.37. The molecule has 2 saturated heterocycles. The van der Waals surface area contributed by atoms with Crippen LogP contribution in [0.5, 0.6) is 0 Å². The van der Waals surface area contributed by atoms with E-state index < -0.39 is 5.79 Å². The number of ether oxygens (including phenoxy) is 2. The largest absolute Gasteiger partial charge is 0.339 e. The first-order valence-corrected chi connectivity index (χ1v) is 11.5. The minimum Gasteiger partial charge on any atom is -0.339 e. The van der Waals surface area contributed by atoms with E-state index in [1.807, 2.05) is 42.5 Å². The summed E-state index contributed by atoms with van der Waals surface area (Å²) in [5.74, 6) is -0.563. The van der Waals surface area contributed by atoms with Crippen LogP contribution in [0.1, 0.15) is 36.0 Å². The van der Waals surface area contributed by atoms with Crippen molar-refractivity contribution < 1.29 is 14.3 Å². The zero-order valence-electron chi connectivity index (χ0n) is 18.2. The van der Waals surface area contributed by atoms with Crippen LogP contribution in [0.4, 0.5) is 0 Å². The molecule has 0 unspecified atom stereocenters. The predicted octanol–water partition coefficient (Wildman–Crippen LogP) is 4.93. The number of piperidine rings is 1. The molecule has 0 amide bonds. The number of ketones is 1. The van der Waals surface area contributed by atoms with Crippen LogP contribution in [0.2, 0.25) is 0 Å². The molecule has 4 heteroatoms. The molecule has 0 aliphatic carbocycles. The average molecular weight is 428 g/mol. The first kappa shape index (κ1) is 21.1. The summed E-state index contributed by atoms with van der Waals surface area (Å²) in [5, 5.41) is 0. The summed E-state index contributed by atoms with van der Waals surface area (Å²) in [6.07, 6.45) is 1.91. The van der Waals surface area contributed by atoms with E-state index in [9.17, 15) is 4.79 Å². The van der Waals surface area contributed by atoms with Crippen molar-refractivity contribution in [2.45, 2.75) is 43.7 Å². The Morgan fingerprint density at radius 2 is 1.44 bits per heavy atom. The number of hydrogen-bond acceptors (Lipinski definition) is 4. The monoisotopic (exact) mass is 427 g/mol. The molecule has 2 atom stereocenters. The van der Waals surface area contributed by atoms with Crippen LogP contribution < -0.4 is 0 Å². The van der Waals surface area contributed by atoms with Crippen molar-refractivity contribution in [3.8, 4) is 0 Å². The molecule has 5 rings (SSSR count). The van der Waals surface area contributed by atoms with Crippen molar-refractivity contribution in [3.63, 3.8) is 0 Å². The molecule has 2 aliphatic heterocycles. The maximum atomic E-state index is 12.3. The third-order valence-corrected chi connectivity index (χ3v) is 6.53. The van der Waals surface area contributed by atoms with E-state index in [2.05, 4.69) is 53.4 Å². The molecule has 2 heterocycles. The molecule has 164 valence electrons. The Morgan fingerprint density at radius 3 is 2.06 bits per heavy atom. The lowest BCUT2D eigenvalue weighted by molar-refractivity contribution is -0.145. The fourth-order valence-electron chi connectivity index (χ4n) is 4.92. The smallest absolute Gasteiger partial charge is 0.222 e. The molecular formula is C28H29NO3. The number of nitrogens with zero attached hydrogens (tertiary/aromatic N) is 1. The van der Waals surface area contributed by atoms with Crippen LogP contribution in [-0.4, -0.2) is 36.0 Å². The number of likely N-dealkylation sites (tertiary alicyclic amines) is 1. The molecule has 3 aromatic rings. The topological polar surface area (TPSA) is 38.8 Å². The third-order valence-electron chi connectivity index (χ3n) is 6.53. The molecule has 32 heavy (non-hydrogen) atoms. The second-order valence-corrected chi connectivity index (χ2v) is 8.74. The number of Topliss-reactive ketones (excluding diaryl/α,β-unsaturated/α-hetero) is 1. The highest BCUT2D eigenvalue weighted by atomic mass is 16.7. The van der Waals surface area contributed by atoms with E-state index in [4.69, 9.17) is 9.47 Å². The van der Waals surface area contributed by atoms with Crippen LogP contribution >= 0.6 is 0 Å². The van der Waals surface area contributed by atoms with Gasteiger partial charge in [0.05, 0.1) is 12.7 Å². The molecule has 0 radical (unpaired) electrons. The van der Waals surface area contributed by atoms with Gasteiger partial charge in [-0.15, -0.1) is 0 Å². The molecular weight excluding hydrogens is 398 g/mol. The van der Waals surface area contributed by atoms with Gasteiger partial charge in [0.2, 0.25) is 5.79 Å². The molecule has 3 aromatic carbocycles. The summed E-state index contributed by atoms with van der Waals surface area (Å²) in [6.45, 7) is 2.16. The average Bonchev–Trinajstić information content (AvgIpc) is 3.28. The molecule has 2 fully saturated rings. The quantitative estimate of drug-likeness (QED) is 0.559. The summed E-state index contributed by atoms with van der Waals surface area (Å²) < 4.78 is 13.1. The van der Waals surface area contributed by atoms with Gasteiger partial charge in [-0.05, 0) is 12.0 Å². The third kappa shape index (κ3) is 4.40. The Morgan fingerprint density at radius 1 is 0.844 bits per heavy atom. The van der Waals surface area contributed by atoms with E-state index in [0.717, 1.165) is 30.6 Å². The standard InChI is InChI=1S/C28H29NO3/c30-26-16-17-29(20-22-10-4-1-5-11-22)25(18-26)19-27-21-31-28(32-27,23-12-6-2-7-13-23)24-14-8-3-9-15-24/h1-15,25,27H,16-21H2/t25-,27-/m0/s1. The molecule has 0 aromatic heterocycles. The zero-order chi connectivity index (χ0) is 21.8. The van der Waals surface area contributed by atoms with Gasteiger partial charge in [-0.25, -0.2) is 0 Å². The van der Waals surface area contributed by atoms with Crippen LogP contribution in [-0.2, 0) is 26.6 Å². The number of carbonyl (C=O) groups excluding carboxylic acids is 1. The van der Waals surface area contributed by atoms with Crippen LogP contribution in [0.3, 0.4) is 0 Å². The maximum absolute atomic E-state index is 12.3. The summed E-state index contributed by atoms with van der Waals surface area (Å²) in [7, 11) is 0. The summed E-state index contributed by atoms with van der Waals surface area (Å²) >= 11 is 0. The van der Waals surface area contributed by atoms with Crippen molar-refractivity contribution in [3.05, 3.63) is 108 Å². The first-order valence-electron chi connectivity index (χ1n) is 11.5. The fourth-order valence-corrected chi connectivity index (χ4v) is 4.92. The van der Waals surface area contributed by atoms with Crippen molar-refractivity contribution in [2.24, 2.45) is 0 Å². The Bertz CT molecular complexity index is 983. The van der Waals surface area contributed by atoms with Crippen molar-refractivity contribution in [2.75, 3.05) is 13.2 Å².